The van der Waals surface area contributed by atoms with E-state index in [-0.39, 0.29) is 16.0 Å². The maximum Gasteiger partial charge on any atom is 0.261 e. The number of benzene rings is 1. The van der Waals surface area contributed by atoms with E-state index in [0.29, 0.717) is 6.54 Å². The van der Waals surface area contributed by atoms with Gasteiger partial charge in [-0.25, -0.2) is 12.8 Å². The summed E-state index contributed by atoms with van der Waals surface area (Å²) >= 11 is 0. The summed E-state index contributed by atoms with van der Waals surface area (Å²) in [5, 5.41) is 0. The number of hydrogen-bond acceptors (Lipinski definition) is 3. The number of unbranched alkanes of at least 4 members (excludes halogenated alkanes) is 1. The maximum absolute atomic E-state index is 13.5. The molecule has 4 nitrogen and oxygen atoms in total. The zero-order valence-electron chi connectivity index (χ0n) is 11.6. The van der Waals surface area contributed by atoms with Crippen LogP contribution in [0.2, 0.25) is 0 Å². The van der Waals surface area contributed by atoms with Gasteiger partial charge in [-0.2, -0.15) is 0 Å². The molecule has 0 aliphatic rings. The van der Waals surface area contributed by atoms with Gasteiger partial charge in [0, 0.05) is 29.8 Å². The summed E-state index contributed by atoms with van der Waals surface area (Å²) in [4.78, 5) is 13.3. The van der Waals surface area contributed by atoms with Gasteiger partial charge in [0.05, 0.1) is 4.90 Å². The highest BCUT2D eigenvalue weighted by molar-refractivity contribution is 8.13. The molecule has 1 aromatic rings. The van der Waals surface area contributed by atoms with Gasteiger partial charge < -0.3 is 4.90 Å². The van der Waals surface area contributed by atoms with Gasteiger partial charge in [0.25, 0.3) is 15.0 Å². The van der Waals surface area contributed by atoms with Gasteiger partial charge in [0.1, 0.15) is 5.82 Å². The van der Waals surface area contributed by atoms with Crippen LogP contribution in [0.4, 0.5) is 4.39 Å². The number of carbonyl (C=O) groups is 1. The average molecular weight is 322 g/mol. The van der Waals surface area contributed by atoms with Crippen molar-refractivity contribution in [3.05, 3.63) is 29.1 Å². The third-order valence-corrected chi connectivity index (χ3v) is 4.46. The van der Waals surface area contributed by atoms with Crippen molar-refractivity contribution in [3.63, 3.8) is 0 Å². The van der Waals surface area contributed by atoms with Crippen LogP contribution in [-0.2, 0) is 9.05 Å². The van der Waals surface area contributed by atoms with Crippen LogP contribution in [0.1, 0.15) is 35.7 Å². The number of nitrogens with zero attached hydrogens (tertiary/aromatic N) is 1. The molecule has 1 amide bonds. The number of halogens is 2. The molecule has 0 fully saturated rings. The molecule has 0 spiro atoms. The maximum atomic E-state index is 13.5. The molecule has 7 heteroatoms. The van der Waals surface area contributed by atoms with Crippen LogP contribution in [0, 0.1) is 12.7 Å². The van der Waals surface area contributed by atoms with Crippen molar-refractivity contribution in [1.82, 2.24) is 4.90 Å². The molecule has 1 aromatic carbocycles. The van der Waals surface area contributed by atoms with Crippen molar-refractivity contribution >= 4 is 25.6 Å². The zero-order valence-corrected chi connectivity index (χ0v) is 13.2. The number of hydrogen-bond donors (Lipinski definition) is 0. The van der Waals surface area contributed by atoms with Crippen molar-refractivity contribution in [2.24, 2.45) is 0 Å². The van der Waals surface area contributed by atoms with Gasteiger partial charge in [-0.15, -0.1) is 0 Å². The van der Waals surface area contributed by atoms with E-state index in [1.807, 2.05) is 6.92 Å². The summed E-state index contributed by atoms with van der Waals surface area (Å²) in [6.07, 6.45) is 1.73. The summed E-state index contributed by atoms with van der Waals surface area (Å²) in [5.41, 5.74) is 0.178. The minimum absolute atomic E-state index is 0.0165. The molecule has 0 aliphatic carbocycles. The fourth-order valence-corrected chi connectivity index (χ4v) is 3.04. The van der Waals surface area contributed by atoms with Gasteiger partial charge in [-0.3, -0.25) is 4.79 Å². The highest BCUT2D eigenvalue weighted by atomic mass is 35.7. The quantitative estimate of drug-likeness (QED) is 0.783. The largest absolute Gasteiger partial charge is 0.342 e. The Morgan fingerprint density at radius 3 is 2.50 bits per heavy atom. The predicted octanol–water partition coefficient (Wildman–Crippen LogP) is 2.93. The van der Waals surface area contributed by atoms with E-state index >= 15 is 0 Å². The minimum Gasteiger partial charge on any atom is -0.342 e. The molecule has 20 heavy (non-hydrogen) atoms. The van der Waals surface area contributed by atoms with Gasteiger partial charge in [0.15, 0.2) is 0 Å². The van der Waals surface area contributed by atoms with E-state index in [2.05, 4.69) is 0 Å². The Balaban J connectivity index is 3.26. The van der Waals surface area contributed by atoms with Crippen LogP contribution >= 0.6 is 10.7 Å². The lowest BCUT2D eigenvalue weighted by molar-refractivity contribution is 0.0791. The Morgan fingerprint density at radius 1 is 1.40 bits per heavy atom. The summed E-state index contributed by atoms with van der Waals surface area (Å²) in [6, 6.07) is 1.85. The number of amides is 1. The number of carbonyl (C=O) groups excluding carboxylic acids is 1. The van der Waals surface area contributed by atoms with Gasteiger partial charge in [0.2, 0.25) is 0 Å². The predicted molar refractivity (Wildman–Crippen MR) is 76.0 cm³/mol. The third-order valence-electron chi connectivity index (χ3n) is 3.01. The molecule has 0 N–H and O–H groups in total. The second-order valence-electron chi connectivity index (χ2n) is 4.59. The molecule has 0 aromatic heterocycles. The van der Waals surface area contributed by atoms with Crippen molar-refractivity contribution < 1.29 is 17.6 Å². The fraction of sp³-hybridized carbons (Fsp3) is 0.462. The van der Waals surface area contributed by atoms with Crippen LogP contribution in [0.5, 0.6) is 0 Å². The van der Waals surface area contributed by atoms with Crippen molar-refractivity contribution in [3.8, 4) is 0 Å². The molecular formula is C13H17ClFNO3S. The monoisotopic (exact) mass is 321 g/mol. The Hall–Kier alpha value is -1.14. The molecular weight excluding hydrogens is 305 g/mol. The Morgan fingerprint density at radius 2 is 2.00 bits per heavy atom. The fourth-order valence-electron chi connectivity index (χ4n) is 1.83. The van der Waals surface area contributed by atoms with Crippen LogP contribution in [-0.4, -0.2) is 32.8 Å². The molecule has 0 atom stereocenters. The molecule has 1 rings (SSSR count). The smallest absolute Gasteiger partial charge is 0.261 e. The molecule has 112 valence electrons. The first kappa shape index (κ1) is 16.9. The van der Waals surface area contributed by atoms with Crippen LogP contribution < -0.4 is 0 Å². The molecule has 0 aliphatic heterocycles. The first-order valence-corrected chi connectivity index (χ1v) is 8.49. The van der Waals surface area contributed by atoms with E-state index < -0.39 is 20.8 Å². The second-order valence-corrected chi connectivity index (χ2v) is 7.13. The van der Waals surface area contributed by atoms with Gasteiger partial charge in [-0.1, -0.05) is 13.3 Å². The molecule has 0 bridgehead atoms. The second kappa shape index (κ2) is 6.54. The molecule has 0 saturated carbocycles. The summed E-state index contributed by atoms with van der Waals surface area (Å²) in [6.45, 7) is 3.95. The Labute approximate surface area is 123 Å². The van der Waals surface area contributed by atoms with E-state index in [1.54, 1.807) is 7.05 Å². The lowest BCUT2D eigenvalue weighted by Crippen LogP contribution is -2.28. The molecule has 0 unspecified atom stereocenters. The van der Waals surface area contributed by atoms with Crippen molar-refractivity contribution in [1.29, 1.82) is 0 Å². The van der Waals surface area contributed by atoms with Crippen molar-refractivity contribution in [2.45, 2.75) is 31.6 Å². The van der Waals surface area contributed by atoms with E-state index in [0.717, 1.165) is 25.0 Å². The van der Waals surface area contributed by atoms with E-state index in [4.69, 9.17) is 10.7 Å². The van der Waals surface area contributed by atoms with Gasteiger partial charge in [-0.05, 0) is 31.0 Å². The normalized spacial score (nSPS) is 11.4. The van der Waals surface area contributed by atoms with Crippen LogP contribution in [0.3, 0.4) is 0 Å². The van der Waals surface area contributed by atoms with Crippen LogP contribution in [0.15, 0.2) is 17.0 Å². The standard InChI is InChI=1S/C13H17ClFNO3S/c1-4-5-6-16(3)13(17)11-7-10(15)8-12(9(11)2)20(14,18)19/h7-8H,4-6H2,1-3H3. The summed E-state index contributed by atoms with van der Waals surface area (Å²) < 4.78 is 36.3. The molecule has 0 radical (unpaired) electrons. The van der Waals surface area contributed by atoms with Crippen molar-refractivity contribution in [2.75, 3.05) is 13.6 Å². The van der Waals surface area contributed by atoms with E-state index in [1.165, 1.54) is 11.8 Å². The molecule has 0 heterocycles. The van der Waals surface area contributed by atoms with Gasteiger partial charge >= 0.3 is 0 Å². The Bertz CT molecular complexity index is 616. The summed E-state index contributed by atoms with van der Waals surface area (Å²) in [5.74, 6) is -1.22. The lowest BCUT2D eigenvalue weighted by atomic mass is 10.1. The topological polar surface area (TPSA) is 54.5 Å². The van der Waals surface area contributed by atoms with E-state index in [9.17, 15) is 17.6 Å². The zero-order chi connectivity index (χ0) is 15.5. The first-order valence-electron chi connectivity index (χ1n) is 6.18. The Kier molecular flexibility index (Phi) is 5.53. The SMILES string of the molecule is CCCCN(C)C(=O)c1cc(F)cc(S(=O)(=O)Cl)c1C. The van der Waals surface area contributed by atoms with Crippen LogP contribution in [0.25, 0.3) is 0 Å². The molecule has 0 saturated heterocycles. The first-order chi connectivity index (χ1) is 9.18. The lowest BCUT2D eigenvalue weighted by Gasteiger charge is -2.18. The average Bonchev–Trinajstić information content (AvgIpc) is 2.36. The highest BCUT2D eigenvalue weighted by Gasteiger charge is 2.22. The highest BCUT2D eigenvalue weighted by Crippen LogP contribution is 2.25. The minimum atomic E-state index is -4.09. The number of rotatable bonds is 5. The third kappa shape index (κ3) is 3.93. The summed E-state index contributed by atoms with van der Waals surface area (Å²) in [7, 11) is 2.76.